The van der Waals surface area contributed by atoms with Crippen molar-refractivity contribution in [1.29, 1.82) is 0 Å². The summed E-state index contributed by atoms with van der Waals surface area (Å²) in [6, 6.07) is 4.13. The Morgan fingerprint density at radius 3 is 2.67 bits per heavy atom. The van der Waals surface area contributed by atoms with Crippen molar-refractivity contribution in [3.05, 3.63) is 35.6 Å². The average Bonchev–Trinajstić information content (AvgIpc) is 2.79. The van der Waals surface area contributed by atoms with Crippen LogP contribution in [0.15, 0.2) is 24.3 Å². The molecule has 0 saturated carbocycles. The van der Waals surface area contributed by atoms with Crippen LogP contribution in [-0.4, -0.2) is 29.7 Å². The monoisotopic (exact) mass is 304 g/mol. The lowest BCUT2D eigenvalue weighted by Gasteiger charge is -2.28. The highest BCUT2D eigenvalue weighted by Crippen LogP contribution is 2.29. The fraction of sp³-hybridized carbons (Fsp3) is 0.500. The highest BCUT2D eigenvalue weighted by Gasteiger charge is 2.45. The number of halogens is 4. The number of nitrogens with one attached hydrogen (secondary N) is 1. The molecule has 1 N–H and O–H groups in total. The normalized spacial score (nSPS) is 17.8. The van der Waals surface area contributed by atoms with E-state index in [1.807, 2.05) is 0 Å². The van der Waals surface area contributed by atoms with Gasteiger partial charge in [-0.05, 0) is 37.0 Å². The van der Waals surface area contributed by atoms with E-state index in [-0.39, 0.29) is 25.8 Å². The molecule has 116 valence electrons. The summed E-state index contributed by atoms with van der Waals surface area (Å²) in [5.41, 5.74) is 2.90. The van der Waals surface area contributed by atoms with E-state index in [4.69, 9.17) is 0 Å². The zero-order valence-electron chi connectivity index (χ0n) is 11.3. The van der Waals surface area contributed by atoms with Gasteiger partial charge in [0.05, 0.1) is 0 Å². The topological polar surface area (TPSA) is 32.3 Å². The number of hydrogen-bond acceptors (Lipinski definition) is 2. The van der Waals surface area contributed by atoms with E-state index in [0.29, 0.717) is 12.0 Å². The molecular formula is C14H16F4N2O. The molecule has 1 heterocycles. The number of rotatable bonds is 5. The molecule has 0 aliphatic carbocycles. The van der Waals surface area contributed by atoms with Gasteiger partial charge in [-0.15, -0.1) is 0 Å². The summed E-state index contributed by atoms with van der Waals surface area (Å²) in [7, 11) is 0. The molecule has 0 aromatic heterocycles. The standard InChI is InChI=1S/C14H16F4N2O/c15-11-5-1-3-10(9-11)4-2-6-12(14(16,17)18)20-8-7-13(21)19-20/h1,3,5,9,12H,2,4,6-8H2,(H,19,21). The number of benzene rings is 1. The zero-order chi connectivity index (χ0) is 15.5. The van der Waals surface area contributed by atoms with Crippen LogP contribution in [-0.2, 0) is 11.2 Å². The van der Waals surface area contributed by atoms with Crippen LogP contribution in [0.2, 0.25) is 0 Å². The van der Waals surface area contributed by atoms with Gasteiger partial charge in [-0.2, -0.15) is 13.2 Å². The molecule has 1 aliphatic rings. The Morgan fingerprint density at radius 1 is 1.33 bits per heavy atom. The van der Waals surface area contributed by atoms with Gasteiger partial charge in [0.2, 0.25) is 5.91 Å². The molecule has 1 fully saturated rings. The van der Waals surface area contributed by atoms with Gasteiger partial charge in [-0.25, -0.2) is 9.40 Å². The third-order valence-electron chi connectivity index (χ3n) is 3.43. The fourth-order valence-electron chi connectivity index (χ4n) is 2.42. The number of carbonyl (C=O) groups is 1. The predicted molar refractivity (Wildman–Crippen MR) is 68.6 cm³/mol. The lowest BCUT2D eigenvalue weighted by Crippen LogP contribution is -2.49. The predicted octanol–water partition coefficient (Wildman–Crippen LogP) is 2.82. The lowest BCUT2D eigenvalue weighted by atomic mass is 10.0. The third kappa shape index (κ3) is 4.42. The van der Waals surface area contributed by atoms with Crippen LogP contribution in [0.5, 0.6) is 0 Å². The summed E-state index contributed by atoms with van der Waals surface area (Å²) in [5, 5.41) is 0.952. The number of carbonyl (C=O) groups excluding carboxylic acids is 1. The smallest absolute Gasteiger partial charge is 0.288 e. The second kappa shape index (κ2) is 6.43. The molecular weight excluding hydrogens is 288 g/mol. The SMILES string of the molecule is O=C1CCN(C(CCCc2cccc(F)c2)C(F)(F)F)N1. The van der Waals surface area contributed by atoms with Gasteiger partial charge in [0, 0.05) is 13.0 Å². The maximum atomic E-state index is 13.0. The molecule has 0 radical (unpaired) electrons. The van der Waals surface area contributed by atoms with Gasteiger partial charge in [-0.1, -0.05) is 12.1 Å². The van der Waals surface area contributed by atoms with Crippen molar-refractivity contribution >= 4 is 5.91 Å². The molecule has 1 aromatic carbocycles. The molecule has 1 aromatic rings. The molecule has 21 heavy (non-hydrogen) atoms. The lowest BCUT2D eigenvalue weighted by molar-refractivity contribution is -0.190. The van der Waals surface area contributed by atoms with E-state index in [0.717, 1.165) is 5.01 Å². The fourth-order valence-corrected chi connectivity index (χ4v) is 2.42. The van der Waals surface area contributed by atoms with E-state index in [1.165, 1.54) is 18.2 Å². The van der Waals surface area contributed by atoms with Gasteiger partial charge in [0.15, 0.2) is 0 Å². The molecule has 3 nitrogen and oxygen atoms in total. The minimum absolute atomic E-state index is 0.0585. The summed E-state index contributed by atoms with van der Waals surface area (Å²) < 4.78 is 52.1. The van der Waals surface area contributed by atoms with Crippen molar-refractivity contribution in [3.63, 3.8) is 0 Å². The number of hydrogen-bond donors (Lipinski definition) is 1. The Balaban J connectivity index is 1.92. The van der Waals surface area contributed by atoms with Gasteiger partial charge >= 0.3 is 6.18 Å². The number of nitrogens with zero attached hydrogens (tertiary/aromatic N) is 1. The van der Waals surface area contributed by atoms with Gasteiger partial charge in [0.1, 0.15) is 11.9 Å². The number of hydrazine groups is 1. The maximum Gasteiger partial charge on any atom is 0.405 e. The largest absolute Gasteiger partial charge is 0.405 e. The minimum Gasteiger partial charge on any atom is -0.288 e. The van der Waals surface area contributed by atoms with Crippen LogP contribution >= 0.6 is 0 Å². The van der Waals surface area contributed by atoms with Crippen LogP contribution in [0.25, 0.3) is 0 Å². The third-order valence-corrected chi connectivity index (χ3v) is 3.43. The van der Waals surface area contributed by atoms with Crippen molar-refractivity contribution in [3.8, 4) is 0 Å². The van der Waals surface area contributed by atoms with Gasteiger partial charge in [-0.3, -0.25) is 10.2 Å². The molecule has 0 bridgehead atoms. The molecule has 1 unspecified atom stereocenters. The second-order valence-corrected chi connectivity index (χ2v) is 5.06. The summed E-state index contributed by atoms with van der Waals surface area (Å²) >= 11 is 0. The number of amides is 1. The van der Waals surface area contributed by atoms with Crippen LogP contribution in [0.4, 0.5) is 17.6 Å². The van der Waals surface area contributed by atoms with E-state index < -0.39 is 23.9 Å². The van der Waals surface area contributed by atoms with Crippen LogP contribution in [0, 0.1) is 5.82 Å². The molecule has 1 amide bonds. The Kier molecular flexibility index (Phi) is 4.82. The van der Waals surface area contributed by atoms with E-state index in [9.17, 15) is 22.4 Å². The Labute approximate surface area is 119 Å². The van der Waals surface area contributed by atoms with Gasteiger partial charge < -0.3 is 0 Å². The Hall–Kier alpha value is -1.63. The molecule has 7 heteroatoms. The van der Waals surface area contributed by atoms with Gasteiger partial charge in [0.25, 0.3) is 0 Å². The quantitative estimate of drug-likeness (QED) is 0.848. The van der Waals surface area contributed by atoms with Crippen LogP contribution in [0.1, 0.15) is 24.8 Å². The first-order valence-electron chi connectivity index (χ1n) is 6.73. The number of aryl methyl sites for hydroxylation is 1. The van der Waals surface area contributed by atoms with Crippen LogP contribution in [0.3, 0.4) is 0 Å². The van der Waals surface area contributed by atoms with Crippen molar-refractivity contribution in [2.75, 3.05) is 6.54 Å². The molecule has 1 atom stereocenters. The van der Waals surface area contributed by atoms with Crippen LogP contribution < -0.4 is 5.43 Å². The summed E-state index contributed by atoms with van der Waals surface area (Å²) in [6.07, 6.45) is -3.83. The molecule has 1 saturated heterocycles. The summed E-state index contributed by atoms with van der Waals surface area (Å²) in [6.45, 7) is 0.0585. The van der Waals surface area contributed by atoms with Crippen molar-refractivity contribution < 1.29 is 22.4 Å². The zero-order valence-corrected chi connectivity index (χ0v) is 11.3. The first-order chi connectivity index (χ1) is 9.86. The molecule has 0 spiro atoms. The van der Waals surface area contributed by atoms with Crippen molar-refractivity contribution in [1.82, 2.24) is 10.4 Å². The minimum atomic E-state index is -4.40. The summed E-state index contributed by atoms with van der Waals surface area (Å²) in [4.78, 5) is 11.1. The van der Waals surface area contributed by atoms with Crippen molar-refractivity contribution in [2.24, 2.45) is 0 Å². The average molecular weight is 304 g/mol. The van der Waals surface area contributed by atoms with E-state index >= 15 is 0 Å². The first-order valence-corrected chi connectivity index (χ1v) is 6.73. The summed E-state index contributed by atoms with van der Waals surface area (Å²) in [5.74, 6) is -0.791. The Morgan fingerprint density at radius 2 is 2.10 bits per heavy atom. The highest BCUT2D eigenvalue weighted by atomic mass is 19.4. The Bertz CT molecular complexity index is 504. The highest BCUT2D eigenvalue weighted by molar-refractivity contribution is 5.77. The van der Waals surface area contributed by atoms with Crippen molar-refractivity contribution in [2.45, 2.75) is 37.9 Å². The number of alkyl halides is 3. The first kappa shape index (κ1) is 15.8. The van der Waals surface area contributed by atoms with E-state index in [1.54, 1.807) is 6.07 Å². The second-order valence-electron chi connectivity index (χ2n) is 5.06. The molecule has 1 aliphatic heterocycles. The van der Waals surface area contributed by atoms with E-state index in [2.05, 4.69) is 5.43 Å². The molecule has 2 rings (SSSR count). The maximum absolute atomic E-state index is 13.0.